The predicted octanol–water partition coefficient (Wildman–Crippen LogP) is 1.28. The molecule has 0 bridgehead atoms. The van der Waals surface area contributed by atoms with Crippen molar-refractivity contribution in [1.82, 2.24) is 14.8 Å². The van der Waals surface area contributed by atoms with Crippen LogP contribution in [-0.4, -0.2) is 14.8 Å². The van der Waals surface area contributed by atoms with Crippen molar-refractivity contribution in [3.8, 4) is 0 Å². The van der Waals surface area contributed by atoms with Crippen molar-refractivity contribution in [2.24, 2.45) is 0 Å². The first-order chi connectivity index (χ1) is 4.22. The van der Waals surface area contributed by atoms with E-state index in [-0.39, 0.29) is 13.5 Å². The van der Waals surface area contributed by atoms with Gasteiger partial charge in [-0.1, -0.05) is 0 Å². The molecule has 0 atom stereocenters. The summed E-state index contributed by atoms with van der Waals surface area (Å²) >= 11 is 0. The van der Waals surface area contributed by atoms with Crippen LogP contribution >= 0.6 is 13.5 Å². The molecule has 0 N–H and O–H groups in total. The summed E-state index contributed by atoms with van der Waals surface area (Å²) in [5.41, 5.74) is 0. The van der Waals surface area contributed by atoms with Crippen LogP contribution in [0.3, 0.4) is 0 Å². The summed E-state index contributed by atoms with van der Waals surface area (Å²) in [6.45, 7) is 6.17. The molecular weight excluding hydrogens is 146 g/mol. The number of rotatable bonds is 1. The van der Waals surface area contributed by atoms with Gasteiger partial charge >= 0.3 is 0 Å². The van der Waals surface area contributed by atoms with E-state index >= 15 is 0 Å². The van der Waals surface area contributed by atoms with E-state index in [2.05, 4.69) is 24.0 Å². The summed E-state index contributed by atoms with van der Waals surface area (Å²) < 4.78 is 2.03. The third-order valence-corrected chi connectivity index (χ3v) is 1.31. The molecule has 0 radical (unpaired) electrons. The fourth-order valence-corrected chi connectivity index (χ4v) is 0.807. The van der Waals surface area contributed by atoms with Gasteiger partial charge in [-0.2, -0.15) is 13.5 Å². The van der Waals surface area contributed by atoms with Crippen LogP contribution in [-0.2, 0) is 0 Å². The second kappa shape index (κ2) is 3.61. The van der Waals surface area contributed by atoms with E-state index in [1.54, 1.807) is 6.33 Å². The Labute approximate surface area is 67.9 Å². The zero-order valence-electron chi connectivity index (χ0n) is 6.50. The van der Waals surface area contributed by atoms with Gasteiger partial charge in [-0.3, -0.25) is 0 Å². The zero-order chi connectivity index (χ0) is 6.85. The number of hydrogen-bond acceptors (Lipinski definition) is 2. The second-order valence-electron chi connectivity index (χ2n) is 2.38. The first-order valence-electron chi connectivity index (χ1n) is 3.08. The molecule has 0 fully saturated rings. The predicted molar refractivity (Wildman–Crippen MR) is 45.5 cm³/mol. The molecule has 1 heterocycles. The first kappa shape index (κ1) is 9.49. The van der Waals surface area contributed by atoms with Crippen LogP contribution in [0, 0.1) is 6.92 Å². The van der Waals surface area contributed by atoms with Crippen LogP contribution in [0.25, 0.3) is 0 Å². The normalized spacial score (nSPS) is 9.60. The Bertz CT molecular complexity index is 195. The fraction of sp³-hybridized carbons (Fsp3) is 0.667. The van der Waals surface area contributed by atoms with Crippen LogP contribution in [0.2, 0.25) is 0 Å². The Balaban J connectivity index is 0.000000810. The second-order valence-corrected chi connectivity index (χ2v) is 2.38. The molecule has 0 unspecified atom stereocenters. The van der Waals surface area contributed by atoms with Crippen molar-refractivity contribution in [3.05, 3.63) is 12.2 Å². The van der Waals surface area contributed by atoms with E-state index in [4.69, 9.17) is 0 Å². The molecule has 0 aliphatic carbocycles. The van der Waals surface area contributed by atoms with E-state index in [1.807, 2.05) is 11.5 Å². The molecule has 10 heavy (non-hydrogen) atoms. The average Bonchev–Trinajstić information content (AvgIpc) is 2.13. The summed E-state index contributed by atoms with van der Waals surface area (Å²) in [7, 11) is 0. The number of aryl methyl sites for hydroxylation is 1. The smallest absolute Gasteiger partial charge is 0.129 e. The van der Waals surface area contributed by atoms with Gasteiger partial charge in [-0.05, 0) is 20.8 Å². The van der Waals surface area contributed by atoms with Crippen molar-refractivity contribution in [1.29, 1.82) is 0 Å². The summed E-state index contributed by atoms with van der Waals surface area (Å²) in [5, 5.41) is 7.61. The molecule has 0 saturated carbocycles. The maximum Gasteiger partial charge on any atom is 0.129 e. The van der Waals surface area contributed by atoms with E-state index in [9.17, 15) is 0 Å². The summed E-state index contributed by atoms with van der Waals surface area (Å²) in [6, 6.07) is 0.472. The monoisotopic (exact) mass is 159 g/mol. The van der Waals surface area contributed by atoms with Crippen LogP contribution in [0.1, 0.15) is 25.7 Å². The van der Waals surface area contributed by atoms with Gasteiger partial charge in [0.1, 0.15) is 12.2 Å². The van der Waals surface area contributed by atoms with Crippen molar-refractivity contribution in [3.63, 3.8) is 0 Å². The van der Waals surface area contributed by atoms with Crippen LogP contribution in [0.15, 0.2) is 6.33 Å². The molecule has 58 valence electrons. The molecule has 1 rings (SSSR count). The number of aromatic nitrogens is 3. The molecule has 1 aromatic heterocycles. The van der Waals surface area contributed by atoms with Crippen LogP contribution < -0.4 is 0 Å². The van der Waals surface area contributed by atoms with Gasteiger partial charge in [-0.15, -0.1) is 10.2 Å². The van der Waals surface area contributed by atoms with Crippen molar-refractivity contribution >= 4 is 13.5 Å². The Morgan fingerprint density at radius 2 is 2.10 bits per heavy atom. The van der Waals surface area contributed by atoms with Crippen molar-refractivity contribution < 1.29 is 0 Å². The molecule has 3 nitrogen and oxygen atoms in total. The molecule has 0 saturated heterocycles. The van der Waals surface area contributed by atoms with Crippen molar-refractivity contribution in [2.75, 3.05) is 0 Å². The lowest BCUT2D eigenvalue weighted by molar-refractivity contribution is 0.581. The minimum absolute atomic E-state index is 0. The van der Waals surface area contributed by atoms with E-state index in [1.165, 1.54) is 0 Å². The van der Waals surface area contributed by atoms with Gasteiger partial charge in [0.25, 0.3) is 0 Å². The maximum atomic E-state index is 3.85. The third-order valence-electron chi connectivity index (χ3n) is 1.31. The first-order valence-corrected chi connectivity index (χ1v) is 3.08. The van der Waals surface area contributed by atoms with Gasteiger partial charge in [0, 0.05) is 6.04 Å². The summed E-state index contributed by atoms with van der Waals surface area (Å²) in [6.07, 6.45) is 1.75. The van der Waals surface area contributed by atoms with E-state index in [0.717, 1.165) is 5.82 Å². The molecule has 4 heteroatoms. The summed E-state index contributed by atoms with van der Waals surface area (Å²) in [5.74, 6) is 0.977. The van der Waals surface area contributed by atoms with E-state index in [0.29, 0.717) is 6.04 Å². The quantitative estimate of drug-likeness (QED) is 0.618. The average molecular weight is 159 g/mol. The maximum absolute atomic E-state index is 3.85. The lowest BCUT2D eigenvalue weighted by atomic mass is 10.4. The number of hydrogen-bond donors (Lipinski definition) is 0. The van der Waals surface area contributed by atoms with Gasteiger partial charge < -0.3 is 4.57 Å². The Morgan fingerprint density at radius 3 is 2.30 bits per heavy atom. The molecular formula is C6H13N3S. The number of nitrogens with zero attached hydrogens (tertiary/aromatic N) is 3. The molecule has 0 aromatic carbocycles. The van der Waals surface area contributed by atoms with Gasteiger partial charge in [0.2, 0.25) is 0 Å². The lowest BCUT2D eigenvalue weighted by Gasteiger charge is -2.05. The minimum Gasteiger partial charge on any atom is -0.315 e. The van der Waals surface area contributed by atoms with Crippen LogP contribution in [0.5, 0.6) is 0 Å². The summed E-state index contributed by atoms with van der Waals surface area (Å²) in [4.78, 5) is 0. The molecule has 0 amide bonds. The van der Waals surface area contributed by atoms with Gasteiger partial charge in [-0.25, -0.2) is 0 Å². The molecule has 1 aromatic rings. The highest BCUT2D eigenvalue weighted by Crippen LogP contribution is 2.03. The largest absolute Gasteiger partial charge is 0.315 e. The highest BCUT2D eigenvalue weighted by molar-refractivity contribution is 7.59. The Hall–Kier alpha value is -0.510. The standard InChI is InChI=1S/C6H11N3.H2S/c1-5(2)9-4-7-8-6(9)3;/h4-5H,1-3H3;1H2. The Morgan fingerprint density at radius 1 is 1.50 bits per heavy atom. The highest BCUT2D eigenvalue weighted by atomic mass is 32.1. The highest BCUT2D eigenvalue weighted by Gasteiger charge is 1.99. The SMILES string of the molecule is Cc1nncn1C(C)C.S. The molecule has 0 aliphatic heterocycles. The fourth-order valence-electron chi connectivity index (χ4n) is 0.807. The minimum atomic E-state index is 0. The van der Waals surface area contributed by atoms with Crippen LogP contribution in [0.4, 0.5) is 0 Å². The van der Waals surface area contributed by atoms with E-state index < -0.39 is 0 Å². The topological polar surface area (TPSA) is 30.7 Å². The molecule has 0 aliphatic rings. The molecule has 0 spiro atoms. The van der Waals surface area contributed by atoms with Gasteiger partial charge in [0.05, 0.1) is 0 Å². The van der Waals surface area contributed by atoms with Crippen molar-refractivity contribution in [2.45, 2.75) is 26.8 Å². The zero-order valence-corrected chi connectivity index (χ0v) is 7.50. The lowest BCUT2D eigenvalue weighted by Crippen LogP contribution is -2.00. The Kier molecular flexibility index (Phi) is 3.42. The third kappa shape index (κ3) is 1.73. The van der Waals surface area contributed by atoms with Gasteiger partial charge in [0.15, 0.2) is 0 Å².